The Morgan fingerprint density at radius 3 is 1.65 bits per heavy atom. The predicted octanol–water partition coefficient (Wildman–Crippen LogP) is 11.3. The van der Waals surface area contributed by atoms with Gasteiger partial charge in [-0.25, -0.2) is 15.0 Å². The second-order valence-corrected chi connectivity index (χ2v) is 12.3. The van der Waals surface area contributed by atoms with Crippen molar-refractivity contribution in [3.63, 3.8) is 0 Å². The minimum absolute atomic E-state index is 0.585. The molecule has 3 heterocycles. The van der Waals surface area contributed by atoms with Gasteiger partial charge in [-0.05, 0) is 57.3 Å². The number of pyridine rings is 1. The lowest BCUT2D eigenvalue weighted by Crippen LogP contribution is -2.00. The average Bonchev–Trinajstić information content (AvgIpc) is 3.57. The van der Waals surface area contributed by atoms with Crippen LogP contribution in [0.4, 0.5) is 0 Å². The summed E-state index contributed by atoms with van der Waals surface area (Å²) in [6.45, 7) is 0. The number of nitrogens with zero attached hydrogens (tertiary/aromatic N) is 4. The van der Waals surface area contributed by atoms with Gasteiger partial charge in [-0.1, -0.05) is 121 Å². The molecule has 228 valence electrons. The summed E-state index contributed by atoms with van der Waals surface area (Å²) < 4.78 is 6.28. The molecule has 3 aromatic heterocycles. The van der Waals surface area contributed by atoms with Crippen LogP contribution in [0.3, 0.4) is 0 Å². The Labute approximate surface area is 281 Å². The number of rotatable bonds is 4. The van der Waals surface area contributed by atoms with Gasteiger partial charge in [0.05, 0.1) is 5.69 Å². The number of hydrogen-bond donors (Lipinski definition) is 0. The minimum atomic E-state index is 0.585. The van der Waals surface area contributed by atoms with Crippen LogP contribution in [0.1, 0.15) is 0 Å². The first-order valence-corrected chi connectivity index (χ1v) is 16.3. The summed E-state index contributed by atoms with van der Waals surface area (Å²) in [5, 5.41) is 9.52. The predicted molar refractivity (Wildman–Crippen MR) is 199 cm³/mol. The fraction of sp³-hybridized carbons (Fsp3) is 0. The Morgan fingerprint density at radius 2 is 0.959 bits per heavy atom. The maximum absolute atomic E-state index is 6.28. The van der Waals surface area contributed by atoms with Crippen LogP contribution in [-0.2, 0) is 0 Å². The maximum atomic E-state index is 6.28. The Balaban J connectivity index is 1.08. The largest absolute Gasteiger partial charge is 0.456 e. The highest BCUT2D eigenvalue weighted by atomic mass is 16.3. The Bertz CT molecular complexity index is 2800. The fourth-order valence-electron chi connectivity index (χ4n) is 6.98. The fourth-order valence-corrected chi connectivity index (χ4v) is 6.98. The molecule has 0 aliphatic heterocycles. The number of para-hydroxylation sites is 1. The van der Waals surface area contributed by atoms with Gasteiger partial charge in [-0.2, -0.15) is 0 Å². The zero-order chi connectivity index (χ0) is 32.3. The van der Waals surface area contributed by atoms with E-state index in [1.54, 1.807) is 0 Å². The molecule has 49 heavy (non-hydrogen) atoms. The van der Waals surface area contributed by atoms with Gasteiger partial charge in [0.1, 0.15) is 11.2 Å². The number of hydrogen-bond acceptors (Lipinski definition) is 5. The zero-order valence-electron chi connectivity index (χ0n) is 26.2. The lowest BCUT2D eigenvalue weighted by Gasteiger charge is -2.11. The van der Waals surface area contributed by atoms with E-state index >= 15 is 0 Å². The van der Waals surface area contributed by atoms with Crippen molar-refractivity contribution >= 4 is 54.3 Å². The lowest BCUT2D eigenvalue weighted by atomic mass is 9.92. The van der Waals surface area contributed by atoms with Crippen molar-refractivity contribution in [3.8, 4) is 45.4 Å². The third-order valence-corrected chi connectivity index (χ3v) is 9.34. The first kappa shape index (κ1) is 27.4. The summed E-state index contributed by atoms with van der Waals surface area (Å²) in [5.74, 6) is 1.84. The summed E-state index contributed by atoms with van der Waals surface area (Å²) in [4.78, 5) is 19.4. The number of furan rings is 1. The van der Waals surface area contributed by atoms with Crippen molar-refractivity contribution in [2.24, 2.45) is 0 Å². The molecule has 10 rings (SSSR count). The Morgan fingerprint density at radius 1 is 0.367 bits per heavy atom. The van der Waals surface area contributed by atoms with E-state index < -0.39 is 0 Å². The van der Waals surface area contributed by atoms with Crippen LogP contribution in [-0.4, -0.2) is 19.9 Å². The van der Waals surface area contributed by atoms with Gasteiger partial charge in [0.2, 0.25) is 0 Å². The third kappa shape index (κ3) is 4.55. The second kappa shape index (κ2) is 10.9. The van der Waals surface area contributed by atoms with E-state index in [9.17, 15) is 0 Å². The standard InChI is InChI=1S/C44H26N4O/c1-3-9-29(10-4-1)42-46-43(30-11-5-2-6-12-30)48-44(47-42)33-20-23-36(45-26-33)32-19-22-34-31(25-32)18-17-27-15-16-28-21-24-38-41(40(28)39(27)34)35-13-7-8-14-37(35)49-38/h1-26H. The lowest BCUT2D eigenvalue weighted by molar-refractivity contribution is 0.669. The second-order valence-electron chi connectivity index (χ2n) is 12.3. The van der Waals surface area contributed by atoms with Gasteiger partial charge in [-0.3, -0.25) is 4.98 Å². The van der Waals surface area contributed by atoms with Crippen molar-refractivity contribution in [1.29, 1.82) is 0 Å². The highest BCUT2D eigenvalue weighted by Crippen LogP contribution is 2.41. The maximum Gasteiger partial charge on any atom is 0.165 e. The molecule has 0 saturated carbocycles. The van der Waals surface area contributed by atoms with Gasteiger partial charge in [0.25, 0.3) is 0 Å². The molecular formula is C44H26N4O. The molecule has 0 aliphatic rings. The van der Waals surface area contributed by atoms with E-state index in [2.05, 4.69) is 66.7 Å². The van der Waals surface area contributed by atoms with E-state index in [1.807, 2.05) is 91.1 Å². The molecule has 5 nitrogen and oxygen atoms in total. The molecule has 0 saturated heterocycles. The molecular weight excluding hydrogens is 601 g/mol. The summed E-state index contributed by atoms with van der Waals surface area (Å²) in [6.07, 6.45) is 1.85. The van der Waals surface area contributed by atoms with Gasteiger partial charge >= 0.3 is 0 Å². The van der Waals surface area contributed by atoms with E-state index in [-0.39, 0.29) is 0 Å². The SMILES string of the molecule is c1ccc(-c2nc(-c3ccccc3)nc(-c3ccc(-c4ccc5c(ccc6ccc7ccc8oc9ccccc9c8c7c65)c4)nc3)n2)cc1. The molecule has 0 aliphatic carbocycles. The van der Waals surface area contributed by atoms with Crippen LogP contribution >= 0.6 is 0 Å². The summed E-state index contributed by atoms with van der Waals surface area (Å²) in [6, 6.07) is 52.1. The molecule has 0 spiro atoms. The molecule has 5 heteroatoms. The first-order valence-electron chi connectivity index (χ1n) is 16.3. The first-order chi connectivity index (χ1) is 24.3. The number of aromatic nitrogens is 4. The van der Waals surface area contributed by atoms with E-state index in [1.165, 1.54) is 26.9 Å². The summed E-state index contributed by atoms with van der Waals surface area (Å²) in [5.41, 5.74) is 6.44. The molecule has 7 aromatic carbocycles. The topological polar surface area (TPSA) is 64.7 Å². The summed E-state index contributed by atoms with van der Waals surface area (Å²) >= 11 is 0. The molecule has 0 amide bonds. The number of benzene rings is 7. The normalized spacial score (nSPS) is 11.7. The van der Waals surface area contributed by atoms with Crippen molar-refractivity contribution in [1.82, 2.24) is 19.9 Å². The van der Waals surface area contributed by atoms with Gasteiger partial charge < -0.3 is 4.42 Å². The molecule has 0 N–H and O–H groups in total. The minimum Gasteiger partial charge on any atom is -0.456 e. The Hall–Kier alpha value is -6.72. The molecule has 0 radical (unpaired) electrons. The van der Waals surface area contributed by atoms with Gasteiger partial charge in [-0.15, -0.1) is 0 Å². The van der Waals surface area contributed by atoms with Gasteiger partial charge in [0.15, 0.2) is 17.5 Å². The molecule has 0 unspecified atom stereocenters. The quantitative estimate of drug-likeness (QED) is 0.182. The van der Waals surface area contributed by atoms with Crippen LogP contribution < -0.4 is 0 Å². The molecule has 10 aromatic rings. The van der Waals surface area contributed by atoms with E-state index in [0.29, 0.717) is 17.5 Å². The third-order valence-electron chi connectivity index (χ3n) is 9.34. The molecule has 0 fully saturated rings. The van der Waals surface area contributed by atoms with Crippen molar-refractivity contribution in [2.75, 3.05) is 0 Å². The van der Waals surface area contributed by atoms with Crippen molar-refractivity contribution in [2.45, 2.75) is 0 Å². The van der Waals surface area contributed by atoms with Crippen molar-refractivity contribution in [3.05, 3.63) is 158 Å². The van der Waals surface area contributed by atoms with Crippen LogP contribution in [0, 0.1) is 0 Å². The van der Waals surface area contributed by atoms with E-state index in [0.717, 1.165) is 55.3 Å². The van der Waals surface area contributed by atoms with Crippen LogP contribution in [0.25, 0.3) is 99.7 Å². The summed E-state index contributed by atoms with van der Waals surface area (Å²) in [7, 11) is 0. The van der Waals surface area contributed by atoms with Crippen LogP contribution in [0.5, 0.6) is 0 Å². The van der Waals surface area contributed by atoms with E-state index in [4.69, 9.17) is 24.4 Å². The molecule has 0 atom stereocenters. The van der Waals surface area contributed by atoms with Crippen LogP contribution in [0.2, 0.25) is 0 Å². The van der Waals surface area contributed by atoms with Crippen LogP contribution in [0.15, 0.2) is 162 Å². The highest BCUT2D eigenvalue weighted by molar-refractivity contribution is 6.31. The smallest absolute Gasteiger partial charge is 0.165 e. The van der Waals surface area contributed by atoms with Gasteiger partial charge in [0, 0.05) is 44.6 Å². The highest BCUT2D eigenvalue weighted by Gasteiger charge is 2.16. The number of fused-ring (bicyclic) bond motifs is 9. The van der Waals surface area contributed by atoms with Crippen molar-refractivity contribution < 1.29 is 4.42 Å². The zero-order valence-corrected chi connectivity index (χ0v) is 26.2. The monoisotopic (exact) mass is 626 g/mol. The Kier molecular flexibility index (Phi) is 6.11. The molecule has 0 bridgehead atoms. The average molecular weight is 627 g/mol.